The highest BCUT2D eigenvalue weighted by atomic mass is 35.5. The fraction of sp³-hybridized carbons (Fsp3) is 0.294. The molecule has 1 fully saturated rings. The van der Waals surface area contributed by atoms with E-state index in [0.717, 1.165) is 29.4 Å². The van der Waals surface area contributed by atoms with Gasteiger partial charge in [-0.3, -0.25) is 4.90 Å². The van der Waals surface area contributed by atoms with Crippen molar-refractivity contribution in [1.29, 1.82) is 0 Å². The van der Waals surface area contributed by atoms with Crippen LogP contribution in [0.4, 0.5) is 0 Å². The third kappa shape index (κ3) is 3.17. The van der Waals surface area contributed by atoms with Crippen LogP contribution in [0.5, 0.6) is 0 Å². The molecule has 118 valence electrons. The molecule has 0 unspecified atom stereocenters. The van der Waals surface area contributed by atoms with Crippen LogP contribution in [-0.2, 0) is 6.54 Å². The molecule has 1 aromatic carbocycles. The van der Waals surface area contributed by atoms with Gasteiger partial charge in [-0.25, -0.2) is 0 Å². The summed E-state index contributed by atoms with van der Waals surface area (Å²) in [6.45, 7) is 2.69. The second-order valence-corrected chi connectivity index (χ2v) is 7.09. The molecule has 4 nitrogen and oxygen atoms in total. The van der Waals surface area contributed by atoms with E-state index in [4.69, 9.17) is 16.1 Å². The van der Waals surface area contributed by atoms with E-state index in [1.54, 1.807) is 11.3 Å². The predicted octanol–water partition coefficient (Wildman–Crippen LogP) is 4.44. The number of nitrogens with zero attached hydrogens (tertiary/aromatic N) is 3. The zero-order valence-electron chi connectivity index (χ0n) is 12.5. The highest BCUT2D eigenvalue weighted by Crippen LogP contribution is 2.32. The Balaban J connectivity index is 1.42. The average molecular weight is 346 g/mol. The Bertz CT molecular complexity index is 787. The summed E-state index contributed by atoms with van der Waals surface area (Å²) < 4.78 is 5.39. The van der Waals surface area contributed by atoms with Gasteiger partial charge in [0.05, 0.1) is 11.4 Å². The van der Waals surface area contributed by atoms with Crippen molar-refractivity contribution in [2.24, 2.45) is 0 Å². The number of benzene rings is 1. The number of rotatable bonds is 4. The van der Waals surface area contributed by atoms with Crippen LogP contribution in [0.1, 0.15) is 23.8 Å². The van der Waals surface area contributed by atoms with E-state index in [9.17, 15) is 0 Å². The zero-order chi connectivity index (χ0) is 15.6. The number of halogens is 1. The summed E-state index contributed by atoms with van der Waals surface area (Å²) in [5.74, 6) is 1.83. The minimum Gasteiger partial charge on any atom is -0.338 e. The molecule has 3 heterocycles. The van der Waals surface area contributed by atoms with Crippen molar-refractivity contribution in [3.05, 3.63) is 58.3 Å². The molecule has 0 N–H and O–H groups in total. The summed E-state index contributed by atoms with van der Waals surface area (Å²) in [6, 6.07) is 12.1. The molecular formula is C17H16ClN3OS. The smallest absolute Gasteiger partial charge is 0.241 e. The first-order valence-electron chi connectivity index (χ1n) is 7.63. The van der Waals surface area contributed by atoms with Crippen LogP contribution in [0, 0.1) is 0 Å². The first-order chi connectivity index (χ1) is 11.3. The Morgan fingerprint density at radius 1 is 1.26 bits per heavy atom. The standard InChI is InChI=1S/C17H16ClN3OS/c18-14-5-2-1-4-13(14)12-7-8-21(10-12)11-16-19-17(20-22-16)15-6-3-9-23-15/h1-6,9,12H,7-8,10-11H2/t12-/m0/s1. The van der Waals surface area contributed by atoms with E-state index in [1.807, 2.05) is 29.6 Å². The van der Waals surface area contributed by atoms with Gasteiger partial charge in [-0.05, 0) is 42.0 Å². The topological polar surface area (TPSA) is 42.2 Å². The molecule has 0 spiro atoms. The molecule has 1 atom stereocenters. The maximum absolute atomic E-state index is 6.31. The Morgan fingerprint density at radius 3 is 3.00 bits per heavy atom. The number of hydrogen-bond donors (Lipinski definition) is 0. The van der Waals surface area contributed by atoms with Crippen LogP contribution in [0.3, 0.4) is 0 Å². The van der Waals surface area contributed by atoms with E-state index in [0.29, 0.717) is 24.2 Å². The number of likely N-dealkylation sites (tertiary alicyclic amines) is 1. The molecule has 3 aromatic rings. The van der Waals surface area contributed by atoms with Crippen molar-refractivity contribution < 1.29 is 4.52 Å². The summed E-state index contributed by atoms with van der Waals surface area (Å²) in [6.07, 6.45) is 1.11. The van der Waals surface area contributed by atoms with Crippen LogP contribution < -0.4 is 0 Å². The lowest BCUT2D eigenvalue weighted by molar-refractivity contribution is 0.265. The van der Waals surface area contributed by atoms with Crippen molar-refractivity contribution in [2.75, 3.05) is 13.1 Å². The van der Waals surface area contributed by atoms with Gasteiger partial charge >= 0.3 is 0 Å². The van der Waals surface area contributed by atoms with Crippen molar-refractivity contribution in [1.82, 2.24) is 15.0 Å². The Hall–Kier alpha value is -1.69. The number of thiophene rings is 1. The van der Waals surface area contributed by atoms with Gasteiger partial charge in [-0.2, -0.15) is 4.98 Å². The van der Waals surface area contributed by atoms with E-state index in [2.05, 4.69) is 27.2 Å². The van der Waals surface area contributed by atoms with Gasteiger partial charge in [0.25, 0.3) is 0 Å². The van der Waals surface area contributed by atoms with Crippen molar-refractivity contribution in [3.63, 3.8) is 0 Å². The molecule has 0 radical (unpaired) electrons. The molecule has 0 aliphatic carbocycles. The van der Waals surface area contributed by atoms with Gasteiger partial charge in [0.15, 0.2) is 0 Å². The number of hydrogen-bond acceptors (Lipinski definition) is 5. The fourth-order valence-electron chi connectivity index (χ4n) is 3.05. The lowest BCUT2D eigenvalue weighted by Crippen LogP contribution is -2.20. The summed E-state index contributed by atoms with van der Waals surface area (Å²) in [5.41, 5.74) is 1.24. The predicted molar refractivity (Wildman–Crippen MR) is 91.7 cm³/mol. The second-order valence-electron chi connectivity index (χ2n) is 5.73. The van der Waals surface area contributed by atoms with Crippen LogP contribution in [0.15, 0.2) is 46.3 Å². The average Bonchev–Trinajstić information content (AvgIpc) is 3.29. The third-order valence-electron chi connectivity index (χ3n) is 4.19. The fourth-order valence-corrected chi connectivity index (χ4v) is 3.99. The highest BCUT2D eigenvalue weighted by molar-refractivity contribution is 7.13. The van der Waals surface area contributed by atoms with Crippen LogP contribution in [-0.4, -0.2) is 28.1 Å². The van der Waals surface area contributed by atoms with E-state index in [1.165, 1.54) is 5.56 Å². The molecule has 4 rings (SSSR count). The molecular weight excluding hydrogens is 330 g/mol. The van der Waals surface area contributed by atoms with Crippen molar-refractivity contribution >= 4 is 22.9 Å². The maximum atomic E-state index is 6.31. The van der Waals surface area contributed by atoms with E-state index in [-0.39, 0.29) is 0 Å². The van der Waals surface area contributed by atoms with Crippen LogP contribution >= 0.6 is 22.9 Å². The first-order valence-corrected chi connectivity index (χ1v) is 8.88. The lowest BCUT2D eigenvalue weighted by Gasteiger charge is -2.14. The van der Waals surface area contributed by atoms with Crippen LogP contribution in [0.25, 0.3) is 10.7 Å². The Morgan fingerprint density at radius 2 is 2.17 bits per heavy atom. The van der Waals surface area contributed by atoms with Crippen molar-refractivity contribution in [3.8, 4) is 10.7 Å². The van der Waals surface area contributed by atoms with Gasteiger partial charge in [0, 0.05) is 11.6 Å². The molecule has 1 aliphatic rings. The molecule has 23 heavy (non-hydrogen) atoms. The van der Waals surface area contributed by atoms with E-state index >= 15 is 0 Å². The van der Waals surface area contributed by atoms with Gasteiger partial charge in [0.1, 0.15) is 0 Å². The third-order valence-corrected chi connectivity index (χ3v) is 5.40. The number of aromatic nitrogens is 2. The summed E-state index contributed by atoms with van der Waals surface area (Å²) in [4.78, 5) is 7.88. The maximum Gasteiger partial charge on any atom is 0.241 e. The molecule has 6 heteroatoms. The normalized spacial score (nSPS) is 18.6. The van der Waals surface area contributed by atoms with Crippen LogP contribution in [0.2, 0.25) is 5.02 Å². The summed E-state index contributed by atoms with van der Waals surface area (Å²) in [7, 11) is 0. The minimum atomic E-state index is 0.475. The minimum absolute atomic E-state index is 0.475. The molecule has 0 saturated carbocycles. The molecule has 2 aromatic heterocycles. The zero-order valence-corrected chi connectivity index (χ0v) is 14.1. The Kier molecular flexibility index (Phi) is 4.16. The van der Waals surface area contributed by atoms with Crippen molar-refractivity contribution in [2.45, 2.75) is 18.9 Å². The lowest BCUT2D eigenvalue weighted by atomic mass is 9.98. The quantitative estimate of drug-likeness (QED) is 0.701. The molecule has 1 aliphatic heterocycles. The summed E-state index contributed by atoms with van der Waals surface area (Å²) >= 11 is 7.93. The molecule has 0 bridgehead atoms. The molecule has 1 saturated heterocycles. The van der Waals surface area contributed by atoms with Gasteiger partial charge in [-0.1, -0.05) is 41.0 Å². The molecule has 0 amide bonds. The largest absolute Gasteiger partial charge is 0.338 e. The highest BCUT2D eigenvalue weighted by Gasteiger charge is 2.26. The monoisotopic (exact) mass is 345 g/mol. The van der Waals surface area contributed by atoms with E-state index < -0.39 is 0 Å². The van der Waals surface area contributed by atoms with Gasteiger partial charge < -0.3 is 4.52 Å². The SMILES string of the molecule is Clc1ccccc1[C@H]1CCN(Cc2nc(-c3cccs3)no2)C1. The van der Waals surface area contributed by atoms with Gasteiger partial charge in [0.2, 0.25) is 11.7 Å². The van der Waals surface area contributed by atoms with Gasteiger partial charge in [-0.15, -0.1) is 11.3 Å². The second kappa shape index (κ2) is 6.43. The Labute approximate surface area is 143 Å². The first kappa shape index (κ1) is 14.9. The summed E-state index contributed by atoms with van der Waals surface area (Å²) in [5, 5.41) is 6.94.